The van der Waals surface area contributed by atoms with Gasteiger partial charge in [-0.2, -0.15) is 5.10 Å². The number of hydrogen-bond acceptors (Lipinski definition) is 4. The molecule has 0 saturated heterocycles. The molecule has 3 rings (SSSR count). The highest BCUT2D eigenvalue weighted by molar-refractivity contribution is 5.94. The molecule has 6 heteroatoms. The zero-order valence-corrected chi connectivity index (χ0v) is 15.5. The number of rotatable bonds is 8. The number of aromatic nitrogens is 2. The third kappa shape index (κ3) is 4.95. The van der Waals surface area contributed by atoms with E-state index in [4.69, 9.17) is 9.47 Å². The van der Waals surface area contributed by atoms with Crippen LogP contribution in [-0.2, 0) is 11.3 Å². The zero-order valence-electron chi connectivity index (χ0n) is 15.5. The number of carbonyl (C=O) groups is 1. The Morgan fingerprint density at radius 3 is 2.70 bits per heavy atom. The van der Waals surface area contributed by atoms with E-state index in [9.17, 15) is 4.79 Å². The Balaban J connectivity index is 1.64. The number of hydrogen-bond donors (Lipinski definition) is 0. The Kier molecular flexibility index (Phi) is 6.22. The fraction of sp³-hybridized carbons (Fsp3) is 0.238. The van der Waals surface area contributed by atoms with Crippen LogP contribution in [0.25, 0.3) is 5.69 Å². The van der Waals surface area contributed by atoms with Gasteiger partial charge < -0.3 is 14.4 Å². The van der Waals surface area contributed by atoms with Crippen LogP contribution in [0.3, 0.4) is 0 Å². The number of amides is 1. The number of benzene rings is 2. The van der Waals surface area contributed by atoms with Crippen LogP contribution in [0.15, 0.2) is 67.0 Å². The van der Waals surface area contributed by atoms with Gasteiger partial charge in [0.05, 0.1) is 18.5 Å². The Hall–Kier alpha value is -3.12. The van der Waals surface area contributed by atoms with Crippen molar-refractivity contribution in [2.45, 2.75) is 6.54 Å². The molecule has 0 saturated carbocycles. The Morgan fingerprint density at radius 2 is 1.93 bits per heavy atom. The van der Waals surface area contributed by atoms with Crippen molar-refractivity contribution in [1.29, 1.82) is 0 Å². The smallest absolute Gasteiger partial charge is 0.254 e. The first-order chi connectivity index (χ1) is 13.2. The number of para-hydroxylation sites is 1. The van der Waals surface area contributed by atoms with Crippen molar-refractivity contribution in [3.8, 4) is 11.4 Å². The molecule has 0 radical (unpaired) electrons. The summed E-state index contributed by atoms with van der Waals surface area (Å²) in [5.41, 5.74) is 2.53. The molecule has 27 heavy (non-hydrogen) atoms. The molecule has 0 bridgehead atoms. The molecule has 0 N–H and O–H groups in total. The lowest BCUT2D eigenvalue weighted by Crippen LogP contribution is -2.26. The van der Waals surface area contributed by atoms with Crippen molar-refractivity contribution >= 4 is 5.91 Å². The van der Waals surface area contributed by atoms with Crippen molar-refractivity contribution in [2.24, 2.45) is 0 Å². The maximum atomic E-state index is 12.7. The van der Waals surface area contributed by atoms with Crippen LogP contribution in [0.1, 0.15) is 15.9 Å². The van der Waals surface area contributed by atoms with Crippen LogP contribution in [0.5, 0.6) is 5.75 Å². The molecule has 1 heterocycles. The average Bonchev–Trinajstić information content (AvgIpc) is 3.17. The SMILES string of the molecule is COCCOc1cccc(C(=O)N(C)Cc2cnn(-c3ccccc3)c2)c1. The van der Waals surface area contributed by atoms with E-state index in [0.717, 1.165) is 11.3 Å². The van der Waals surface area contributed by atoms with E-state index >= 15 is 0 Å². The van der Waals surface area contributed by atoms with Gasteiger partial charge in [-0.25, -0.2) is 4.68 Å². The largest absolute Gasteiger partial charge is 0.491 e. The van der Waals surface area contributed by atoms with Crippen molar-refractivity contribution in [3.05, 3.63) is 78.1 Å². The summed E-state index contributed by atoms with van der Waals surface area (Å²) in [4.78, 5) is 14.4. The second-order valence-corrected chi connectivity index (χ2v) is 6.16. The quantitative estimate of drug-likeness (QED) is 0.576. The highest BCUT2D eigenvalue weighted by Gasteiger charge is 2.14. The third-order valence-electron chi connectivity index (χ3n) is 4.06. The molecule has 0 aliphatic carbocycles. The van der Waals surface area contributed by atoms with Gasteiger partial charge in [0.1, 0.15) is 12.4 Å². The average molecular weight is 365 g/mol. The maximum Gasteiger partial charge on any atom is 0.254 e. The molecule has 0 aliphatic heterocycles. The van der Waals surface area contributed by atoms with Crippen LogP contribution in [0, 0.1) is 0 Å². The Bertz CT molecular complexity index is 877. The lowest BCUT2D eigenvalue weighted by molar-refractivity contribution is 0.0784. The minimum Gasteiger partial charge on any atom is -0.491 e. The molecule has 0 aliphatic rings. The minimum atomic E-state index is -0.0698. The Labute approximate surface area is 158 Å². The molecule has 0 fully saturated rings. The summed E-state index contributed by atoms with van der Waals surface area (Å²) < 4.78 is 12.4. The molecule has 1 amide bonds. The summed E-state index contributed by atoms with van der Waals surface area (Å²) in [6, 6.07) is 17.1. The molecular formula is C21H23N3O3. The van der Waals surface area contributed by atoms with E-state index in [1.165, 1.54) is 0 Å². The summed E-state index contributed by atoms with van der Waals surface area (Å²) in [5, 5.41) is 4.37. The van der Waals surface area contributed by atoms with Crippen molar-refractivity contribution in [1.82, 2.24) is 14.7 Å². The van der Waals surface area contributed by atoms with E-state index in [1.807, 2.05) is 48.7 Å². The molecule has 0 unspecified atom stereocenters. The van der Waals surface area contributed by atoms with E-state index in [-0.39, 0.29) is 5.91 Å². The van der Waals surface area contributed by atoms with Gasteiger partial charge in [0.25, 0.3) is 5.91 Å². The van der Waals surface area contributed by atoms with Gasteiger partial charge in [-0.1, -0.05) is 24.3 Å². The first-order valence-corrected chi connectivity index (χ1v) is 8.73. The zero-order chi connectivity index (χ0) is 19.1. The summed E-state index contributed by atoms with van der Waals surface area (Å²) in [6.07, 6.45) is 3.71. The van der Waals surface area contributed by atoms with Crippen molar-refractivity contribution in [3.63, 3.8) is 0 Å². The van der Waals surface area contributed by atoms with Crippen LogP contribution < -0.4 is 4.74 Å². The molecule has 0 atom stereocenters. The first-order valence-electron chi connectivity index (χ1n) is 8.73. The van der Waals surface area contributed by atoms with E-state index in [0.29, 0.717) is 31.1 Å². The van der Waals surface area contributed by atoms with Gasteiger partial charge in [-0.15, -0.1) is 0 Å². The van der Waals surface area contributed by atoms with Crippen LogP contribution >= 0.6 is 0 Å². The summed E-state index contributed by atoms with van der Waals surface area (Å²) in [5.74, 6) is 0.586. The number of ether oxygens (including phenoxy) is 2. The summed E-state index contributed by atoms with van der Waals surface area (Å²) in [7, 11) is 3.40. The second kappa shape index (κ2) is 9.00. The van der Waals surface area contributed by atoms with E-state index in [2.05, 4.69) is 5.10 Å². The fourth-order valence-corrected chi connectivity index (χ4v) is 2.69. The van der Waals surface area contributed by atoms with Crippen molar-refractivity contribution in [2.75, 3.05) is 27.4 Å². The second-order valence-electron chi connectivity index (χ2n) is 6.16. The maximum absolute atomic E-state index is 12.7. The van der Waals surface area contributed by atoms with Gasteiger partial charge in [0.2, 0.25) is 0 Å². The number of methoxy groups -OCH3 is 1. The summed E-state index contributed by atoms with van der Waals surface area (Å²) in [6.45, 7) is 1.42. The Morgan fingerprint density at radius 1 is 1.11 bits per heavy atom. The van der Waals surface area contributed by atoms with Gasteiger partial charge in [-0.3, -0.25) is 4.79 Å². The highest BCUT2D eigenvalue weighted by atomic mass is 16.5. The van der Waals surface area contributed by atoms with Crippen LogP contribution in [0.4, 0.5) is 0 Å². The number of carbonyl (C=O) groups excluding carboxylic acids is 1. The minimum absolute atomic E-state index is 0.0698. The fourth-order valence-electron chi connectivity index (χ4n) is 2.69. The molecule has 1 aromatic heterocycles. The van der Waals surface area contributed by atoms with Gasteiger partial charge in [-0.05, 0) is 30.3 Å². The van der Waals surface area contributed by atoms with Gasteiger partial charge in [0.15, 0.2) is 0 Å². The molecule has 3 aromatic rings. The molecule has 6 nitrogen and oxygen atoms in total. The lowest BCUT2D eigenvalue weighted by atomic mass is 10.2. The van der Waals surface area contributed by atoms with E-state index < -0.39 is 0 Å². The highest BCUT2D eigenvalue weighted by Crippen LogP contribution is 2.16. The monoisotopic (exact) mass is 365 g/mol. The van der Waals surface area contributed by atoms with Gasteiger partial charge >= 0.3 is 0 Å². The standard InChI is InChI=1S/C21H23N3O3/c1-23(15-17-14-22-24(16-17)19-8-4-3-5-9-19)21(25)18-7-6-10-20(13-18)27-12-11-26-2/h3-10,13-14,16H,11-12,15H2,1-2H3. The van der Waals surface area contributed by atoms with Crippen LogP contribution in [0.2, 0.25) is 0 Å². The molecule has 140 valence electrons. The van der Waals surface area contributed by atoms with E-state index in [1.54, 1.807) is 42.1 Å². The van der Waals surface area contributed by atoms with Crippen LogP contribution in [-0.4, -0.2) is 48.0 Å². The molecule has 0 spiro atoms. The normalized spacial score (nSPS) is 10.6. The molecular weight excluding hydrogens is 342 g/mol. The first kappa shape index (κ1) is 18.7. The third-order valence-corrected chi connectivity index (χ3v) is 4.06. The predicted octanol–water partition coefficient (Wildman–Crippen LogP) is 3.17. The van der Waals surface area contributed by atoms with Crippen molar-refractivity contribution < 1.29 is 14.3 Å². The lowest BCUT2D eigenvalue weighted by Gasteiger charge is -2.17. The topological polar surface area (TPSA) is 56.6 Å². The number of nitrogens with zero attached hydrogens (tertiary/aromatic N) is 3. The molecule has 2 aromatic carbocycles. The van der Waals surface area contributed by atoms with Gasteiger partial charge in [0, 0.05) is 38.0 Å². The predicted molar refractivity (Wildman–Crippen MR) is 103 cm³/mol. The summed E-state index contributed by atoms with van der Waals surface area (Å²) >= 11 is 0.